The molecule has 3 heterocycles. The minimum absolute atomic E-state index is 0.0221. The Morgan fingerprint density at radius 3 is 2.76 bits per heavy atom. The van der Waals surface area contributed by atoms with Crippen LogP contribution in [0, 0.1) is 6.92 Å². The van der Waals surface area contributed by atoms with Gasteiger partial charge in [-0.3, -0.25) is 4.68 Å². The topological polar surface area (TPSA) is 64.9 Å². The maximum Gasteiger partial charge on any atom is 0.433 e. The molecule has 2 aromatic rings. The Hall–Kier alpha value is -2.16. The molecule has 1 saturated heterocycles. The van der Waals surface area contributed by atoms with E-state index in [9.17, 15) is 13.2 Å². The average molecular weight is 355 g/mol. The van der Waals surface area contributed by atoms with E-state index in [0.29, 0.717) is 25.3 Å². The molecule has 2 aromatic heterocycles. The highest BCUT2D eigenvalue weighted by molar-refractivity contribution is 5.62. The van der Waals surface area contributed by atoms with E-state index in [0.717, 1.165) is 24.6 Å². The molecule has 0 aromatic carbocycles. The molecule has 0 bridgehead atoms. The second kappa shape index (κ2) is 6.99. The molecule has 3 rings (SSSR count). The SMILES string of the molecule is CCn1ncc(-c2cc(C(F)(F)F)nc(NC[C@H]3CCCO3)n2)c1C. The molecule has 6 nitrogen and oxygen atoms in total. The second-order valence-corrected chi connectivity index (χ2v) is 5.94. The number of alkyl halides is 3. The summed E-state index contributed by atoms with van der Waals surface area (Å²) in [5, 5.41) is 7.05. The molecule has 0 saturated carbocycles. The number of rotatable bonds is 5. The maximum atomic E-state index is 13.2. The largest absolute Gasteiger partial charge is 0.433 e. The van der Waals surface area contributed by atoms with Gasteiger partial charge < -0.3 is 10.1 Å². The number of hydrogen-bond donors (Lipinski definition) is 1. The molecule has 25 heavy (non-hydrogen) atoms. The van der Waals surface area contributed by atoms with Gasteiger partial charge in [0.1, 0.15) is 0 Å². The van der Waals surface area contributed by atoms with Gasteiger partial charge in [0.2, 0.25) is 5.95 Å². The van der Waals surface area contributed by atoms with Crippen molar-refractivity contribution >= 4 is 5.95 Å². The Bertz CT molecular complexity index is 738. The molecule has 0 unspecified atom stereocenters. The first-order valence-electron chi connectivity index (χ1n) is 8.23. The van der Waals surface area contributed by atoms with E-state index in [1.54, 1.807) is 11.6 Å². The summed E-state index contributed by atoms with van der Waals surface area (Å²) >= 11 is 0. The normalized spacial score (nSPS) is 17.9. The lowest BCUT2D eigenvalue weighted by Crippen LogP contribution is -2.21. The molecule has 0 spiro atoms. The van der Waals surface area contributed by atoms with Crippen LogP contribution < -0.4 is 5.32 Å². The van der Waals surface area contributed by atoms with Gasteiger partial charge in [0, 0.05) is 31.0 Å². The Morgan fingerprint density at radius 2 is 2.16 bits per heavy atom. The monoisotopic (exact) mass is 355 g/mol. The summed E-state index contributed by atoms with van der Waals surface area (Å²) in [6.45, 7) is 5.41. The van der Waals surface area contributed by atoms with Gasteiger partial charge in [0.25, 0.3) is 0 Å². The van der Waals surface area contributed by atoms with E-state index in [1.807, 2.05) is 6.92 Å². The van der Waals surface area contributed by atoms with Crippen LogP contribution in [0.5, 0.6) is 0 Å². The third-order valence-electron chi connectivity index (χ3n) is 4.21. The van der Waals surface area contributed by atoms with E-state index < -0.39 is 11.9 Å². The van der Waals surface area contributed by atoms with Crippen molar-refractivity contribution in [1.82, 2.24) is 19.7 Å². The summed E-state index contributed by atoms with van der Waals surface area (Å²) in [5.41, 5.74) is 0.555. The van der Waals surface area contributed by atoms with E-state index in [1.165, 1.54) is 6.20 Å². The quantitative estimate of drug-likeness (QED) is 0.892. The smallest absolute Gasteiger partial charge is 0.376 e. The number of aryl methyl sites for hydroxylation is 1. The van der Waals surface area contributed by atoms with Crippen molar-refractivity contribution in [2.24, 2.45) is 0 Å². The fourth-order valence-corrected chi connectivity index (χ4v) is 2.84. The van der Waals surface area contributed by atoms with Gasteiger partial charge >= 0.3 is 6.18 Å². The van der Waals surface area contributed by atoms with Crippen LogP contribution >= 0.6 is 0 Å². The standard InChI is InChI=1S/C16H20F3N5O/c1-3-24-10(2)12(9-21-24)13-7-14(16(17,18)19)23-15(22-13)20-8-11-5-4-6-25-11/h7,9,11H,3-6,8H2,1-2H3,(H,20,22,23)/t11-/m1/s1. The Labute approximate surface area is 143 Å². The average Bonchev–Trinajstić information content (AvgIpc) is 3.21. The number of nitrogens with one attached hydrogen (secondary N) is 1. The first kappa shape index (κ1) is 17.7. The van der Waals surface area contributed by atoms with Crippen LogP contribution in [0.2, 0.25) is 0 Å². The summed E-state index contributed by atoms with van der Waals surface area (Å²) in [6.07, 6.45) is -1.21. The minimum Gasteiger partial charge on any atom is -0.376 e. The first-order chi connectivity index (χ1) is 11.9. The van der Waals surface area contributed by atoms with Crippen LogP contribution in [-0.2, 0) is 17.5 Å². The fraction of sp³-hybridized carbons (Fsp3) is 0.562. The van der Waals surface area contributed by atoms with E-state index >= 15 is 0 Å². The molecule has 136 valence electrons. The molecular formula is C16H20F3N5O. The highest BCUT2D eigenvalue weighted by Gasteiger charge is 2.34. The predicted molar refractivity (Wildman–Crippen MR) is 86.1 cm³/mol. The number of halogens is 3. The molecule has 9 heteroatoms. The maximum absolute atomic E-state index is 13.2. The molecule has 1 aliphatic rings. The Morgan fingerprint density at radius 1 is 1.36 bits per heavy atom. The van der Waals surface area contributed by atoms with E-state index in [2.05, 4.69) is 20.4 Å². The van der Waals surface area contributed by atoms with Gasteiger partial charge in [-0.2, -0.15) is 18.3 Å². The summed E-state index contributed by atoms with van der Waals surface area (Å²) in [5.74, 6) is -0.0519. The van der Waals surface area contributed by atoms with Crippen molar-refractivity contribution in [1.29, 1.82) is 0 Å². The lowest BCUT2D eigenvalue weighted by Gasteiger charge is -2.14. The zero-order valence-electron chi connectivity index (χ0n) is 14.1. The summed E-state index contributed by atoms with van der Waals surface area (Å²) in [4.78, 5) is 7.87. The number of anilines is 1. The molecule has 0 aliphatic carbocycles. The van der Waals surface area contributed by atoms with Gasteiger partial charge in [-0.1, -0.05) is 0 Å². The highest BCUT2D eigenvalue weighted by Crippen LogP contribution is 2.32. The van der Waals surface area contributed by atoms with Crippen molar-refractivity contribution in [2.75, 3.05) is 18.5 Å². The second-order valence-electron chi connectivity index (χ2n) is 5.94. The highest BCUT2D eigenvalue weighted by atomic mass is 19.4. The third-order valence-corrected chi connectivity index (χ3v) is 4.21. The zero-order valence-corrected chi connectivity index (χ0v) is 14.1. The first-order valence-corrected chi connectivity index (χ1v) is 8.23. The van der Waals surface area contributed by atoms with Gasteiger partial charge in [0.05, 0.1) is 18.0 Å². The van der Waals surface area contributed by atoms with Crippen LogP contribution in [0.25, 0.3) is 11.3 Å². The summed E-state index contributed by atoms with van der Waals surface area (Å²) in [6, 6.07) is 0.960. The Balaban J connectivity index is 1.93. The fourth-order valence-electron chi connectivity index (χ4n) is 2.84. The van der Waals surface area contributed by atoms with E-state index in [-0.39, 0.29) is 17.7 Å². The molecule has 1 N–H and O–H groups in total. The molecule has 0 radical (unpaired) electrons. The lowest BCUT2D eigenvalue weighted by atomic mass is 10.1. The number of hydrogen-bond acceptors (Lipinski definition) is 5. The number of ether oxygens (including phenoxy) is 1. The minimum atomic E-state index is -4.55. The lowest BCUT2D eigenvalue weighted by molar-refractivity contribution is -0.141. The third kappa shape index (κ3) is 3.92. The van der Waals surface area contributed by atoms with Crippen molar-refractivity contribution < 1.29 is 17.9 Å². The van der Waals surface area contributed by atoms with Crippen LogP contribution in [-0.4, -0.2) is 39.0 Å². The zero-order chi connectivity index (χ0) is 18.0. The van der Waals surface area contributed by atoms with Crippen LogP contribution in [0.4, 0.5) is 19.1 Å². The predicted octanol–water partition coefficient (Wildman–Crippen LogP) is 3.28. The van der Waals surface area contributed by atoms with Gasteiger partial charge in [0.15, 0.2) is 5.69 Å². The van der Waals surface area contributed by atoms with Crippen LogP contribution in [0.15, 0.2) is 12.3 Å². The number of nitrogens with zero attached hydrogens (tertiary/aromatic N) is 4. The molecular weight excluding hydrogens is 335 g/mol. The van der Waals surface area contributed by atoms with Crippen molar-refractivity contribution in [3.63, 3.8) is 0 Å². The summed E-state index contributed by atoms with van der Waals surface area (Å²) < 4.78 is 46.8. The van der Waals surface area contributed by atoms with Crippen molar-refractivity contribution in [2.45, 2.75) is 45.5 Å². The van der Waals surface area contributed by atoms with Crippen LogP contribution in [0.1, 0.15) is 31.2 Å². The Kier molecular flexibility index (Phi) is 4.94. The molecule has 1 aliphatic heterocycles. The van der Waals surface area contributed by atoms with E-state index in [4.69, 9.17) is 4.74 Å². The summed E-state index contributed by atoms with van der Waals surface area (Å²) in [7, 11) is 0. The van der Waals surface area contributed by atoms with Gasteiger partial charge in [-0.25, -0.2) is 9.97 Å². The number of aromatic nitrogens is 4. The molecule has 0 amide bonds. The molecule has 1 atom stereocenters. The van der Waals surface area contributed by atoms with Crippen LogP contribution in [0.3, 0.4) is 0 Å². The van der Waals surface area contributed by atoms with Crippen molar-refractivity contribution in [3.8, 4) is 11.3 Å². The molecule has 1 fully saturated rings. The van der Waals surface area contributed by atoms with Crippen molar-refractivity contribution in [3.05, 3.63) is 23.7 Å². The van der Waals surface area contributed by atoms with Gasteiger partial charge in [-0.15, -0.1) is 0 Å². The van der Waals surface area contributed by atoms with Gasteiger partial charge in [-0.05, 0) is 32.8 Å².